The Morgan fingerprint density at radius 1 is 1.50 bits per heavy atom. The van der Waals surface area contributed by atoms with E-state index >= 15 is 0 Å². The van der Waals surface area contributed by atoms with Gasteiger partial charge in [0.2, 0.25) is 0 Å². The molecule has 2 rings (SSSR count). The maximum atomic E-state index is 6.37. The minimum atomic E-state index is 0.210. The van der Waals surface area contributed by atoms with Crippen LogP contribution in [0.3, 0.4) is 0 Å². The first-order valence-corrected chi connectivity index (χ1v) is 8.38. The molecule has 1 aromatic heterocycles. The highest BCUT2D eigenvalue weighted by Gasteiger charge is 2.35. The molecule has 3 atom stereocenters. The molecular weight excluding hydrogens is 308 g/mol. The van der Waals surface area contributed by atoms with Gasteiger partial charge in [0.15, 0.2) is 0 Å². The molecule has 1 aliphatic carbocycles. The van der Waals surface area contributed by atoms with Crippen molar-refractivity contribution in [3.05, 3.63) is 20.8 Å². The quantitative estimate of drug-likeness (QED) is 0.853. The van der Waals surface area contributed by atoms with Crippen molar-refractivity contribution in [1.82, 2.24) is 4.90 Å². The Bertz CT molecular complexity index is 389. The van der Waals surface area contributed by atoms with Crippen molar-refractivity contribution in [2.45, 2.75) is 51.2 Å². The molecule has 0 aromatic carbocycles. The van der Waals surface area contributed by atoms with Gasteiger partial charge in [-0.25, -0.2) is 0 Å². The van der Waals surface area contributed by atoms with E-state index < -0.39 is 0 Å². The predicted molar refractivity (Wildman–Crippen MR) is 83.0 cm³/mol. The van der Waals surface area contributed by atoms with Crippen LogP contribution >= 0.6 is 27.3 Å². The molecule has 1 aliphatic rings. The topological polar surface area (TPSA) is 29.3 Å². The van der Waals surface area contributed by atoms with Gasteiger partial charge in [0.05, 0.1) is 9.83 Å². The average molecular weight is 331 g/mol. The lowest BCUT2D eigenvalue weighted by Gasteiger charge is -2.36. The van der Waals surface area contributed by atoms with Crippen LogP contribution < -0.4 is 5.73 Å². The van der Waals surface area contributed by atoms with Crippen LogP contribution in [0.1, 0.15) is 44.0 Å². The van der Waals surface area contributed by atoms with E-state index in [9.17, 15) is 0 Å². The van der Waals surface area contributed by atoms with Crippen LogP contribution in [0.2, 0.25) is 0 Å². The second-order valence-corrected chi connectivity index (χ2v) is 7.90. The van der Waals surface area contributed by atoms with Crippen LogP contribution in [0.4, 0.5) is 0 Å². The summed E-state index contributed by atoms with van der Waals surface area (Å²) in [6.07, 6.45) is 3.78. The summed E-state index contributed by atoms with van der Waals surface area (Å²) in [6, 6.07) is 5.54. The Labute approximate surface area is 123 Å². The van der Waals surface area contributed by atoms with Gasteiger partial charge in [-0.1, -0.05) is 6.92 Å². The van der Waals surface area contributed by atoms with Gasteiger partial charge in [0.1, 0.15) is 0 Å². The molecule has 0 saturated heterocycles. The Kier molecular flexibility index (Phi) is 4.86. The Hall–Kier alpha value is 0.1000. The predicted octanol–water partition coefficient (Wildman–Crippen LogP) is 4.02. The maximum Gasteiger partial charge on any atom is 0.0702 e. The van der Waals surface area contributed by atoms with E-state index in [1.165, 1.54) is 21.5 Å². The molecule has 0 radical (unpaired) electrons. The SMILES string of the molecule is CCC(N)C(c1ccc(Br)s1)N(C)C(C)C1CC1. The molecule has 102 valence electrons. The number of thiophene rings is 1. The van der Waals surface area contributed by atoms with Crippen LogP contribution in [0.15, 0.2) is 15.9 Å². The highest BCUT2D eigenvalue weighted by molar-refractivity contribution is 9.11. The minimum absolute atomic E-state index is 0.210. The van der Waals surface area contributed by atoms with Crippen LogP contribution in [0.5, 0.6) is 0 Å². The van der Waals surface area contributed by atoms with Gasteiger partial charge in [0.25, 0.3) is 0 Å². The van der Waals surface area contributed by atoms with Gasteiger partial charge in [0, 0.05) is 17.0 Å². The van der Waals surface area contributed by atoms with Crippen molar-refractivity contribution in [3.8, 4) is 0 Å². The standard InChI is InChI=1S/C14H23BrN2S/c1-4-11(16)14(12-7-8-13(15)18-12)17(3)9(2)10-5-6-10/h7-11,14H,4-6,16H2,1-3H3. The number of rotatable bonds is 6. The lowest BCUT2D eigenvalue weighted by atomic mass is 10.0. The Morgan fingerprint density at radius 3 is 2.61 bits per heavy atom. The van der Waals surface area contributed by atoms with E-state index in [0.717, 1.165) is 12.3 Å². The van der Waals surface area contributed by atoms with E-state index in [1.54, 1.807) is 0 Å². The molecule has 18 heavy (non-hydrogen) atoms. The lowest BCUT2D eigenvalue weighted by Crippen LogP contribution is -2.43. The number of hydrogen-bond donors (Lipinski definition) is 1. The van der Waals surface area contributed by atoms with Crippen LogP contribution in [-0.2, 0) is 0 Å². The third-order valence-corrected chi connectivity index (χ3v) is 5.84. The zero-order valence-electron chi connectivity index (χ0n) is 11.4. The van der Waals surface area contributed by atoms with Crippen molar-refractivity contribution >= 4 is 27.3 Å². The van der Waals surface area contributed by atoms with Gasteiger partial charge in [-0.15, -0.1) is 11.3 Å². The zero-order valence-corrected chi connectivity index (χ0v) is 13.8. The first kappa shape index (κ1) is 14.5. The second-order valence-electron chi connectivity index (χ2n) is 5.40. The third kappa shape index (κ3) is 3.16. The molecule has 1 saturated carbocycles. The molecular formula is C14H23BrN2S. The molecule has 4 heteroatoms. The van der Waals surface area contributed by atoms with Crippen molar-refractivity contribution in [1.29, 1.82) is 0 Å². The van der Waals surface area contributed by atoms with Gasteiger partial charge >= 0.3 is 0 Å². The van der Waals surface area contributed by atoms with Crippen LogP contribution in [0, 0.1) is 5.92 Å². The molecule has 0 aliphatic heterocycles. The molecule has 1 heterocycles. The number of halogens is 1. The highest BCUT2D eigenvalue weighted by atomic mass is 79.9. The molecule has 3 unspecified atom stereocenters. The second kappa shape index (κ2) is 6.04. The monoisotopic (exact) mass is 330 g/mol. The summed E-state index contributed by atoms with van der Waals surface area (Å²) in [5.41, 5.74) is 6.37. The Morgan fingerprint density at radius 2 is 2.17 bits per heavy atom. The average Bonchev–Trinajstić information content (AvgIpc) is 3.12. The maximum absolute atomic E-state index is 6.37. The molecule has 2 N–H and O–H groups in total. The van der Waals surface area contributed by atoms with Crippen molar-refractivity contribution in [2.75, 3.05) is 7.05 Å². The summed E-state index contributed by atoms with van der Waals surface area (Å²) in [4.78, 5) is 3.87. The van der Waals surface area contributed by atoms with E-state index in [2.05, 4.69) is 53.9 Å². The van der Waals surface area contributed by atoms with E-state index in [0.29, 0.717) is 12.1 Å². The fourth-order valence-electron chi connectivity index (χ4n) is 2.59. The van der Waals surface area contributed by atoms with Crippen LogP contribution in [0.25, 0.3) is 0 Å². The number of hydrogen-bond acceptors (Lipinski definition) is 3. The third-order valence-electron chi connectivity index (χ3n) is 4.15. The summed E-state index contributed by atoms with van der Waals surface area (Å²) in [5, 5.41) is 0. The van der Waals surface area contributed by atoms with Gasteiger partial charge in [-0.05, 0) is 67.2 Å². The van der Waals surface area contributed by atoms with Gasteiger partial charge in [-0.3, -0.25) is 4.90 Å². The summed E-state index contributed by atoms with van der Waals surface area (Å²) in [7, 11) is 2.23. The zero-order chi connectivity index (χ0) is 13.3. The molecule has 0 bridgehead atoms. The smallest absolute Gasteiger partial charge is 0.0702 e. The summed E-state index contributed by atoms with van der Waals surface area (Å²) < 4.78 is 1.19. The van der Waals surface area contributed by atoms with E-state index in [-0.39, 0.29) is 6.04 Å². The molecule has 1 aromatic rings. The normalized spacial score (nSPS) is 21.0. The van der Waals surface area contributed by atoms with E-state index in [1.807, 2.05) is 11.3 Å². The molecule has 2 nitrogen and oxygen atoms in total. The largest absolute Gasteiger partial charge is 0.326 e. The first-order chi connectivity index (χ1) is 8.54. The summed E-state index contributed by atoms with van der Waals surface area (Å²) >= 11 is 5.37. The summed E-state index contributed by atoms with van der Waals surface area (Å²) in [6.45, 7) is 4.52. The first-order valence-electron chi connectivity index (χ1n) is 6.77. The number of likely N-dealkylation sites (N-methyl/N-ethyl adjacent to an activating group) is 1. The number of nitrogens with two attached hydrogens (primary N) is 1. The fourth-order valence-corrected chi connectivity index (χ4v) is 4.24. The molecule has 1 fully saturated rings. The van der Waals surface area contributed by atoms with Crippen molar-refractivity contribution < 1.29 is 0 Å². The van der Waals surface area contributed by atoms with Crippen molar-refractivity contribution in [3.63, 3.8) is 0 Å². The molecule has 0 amide bonds. The highest BCUT2D eigenvalue weighted by Crippen LogP contribution is 2.40. The lowest BCUT2D eigenvalue weighted by molar-refractivity contribution is 0.146. The van der Waals surface area contributed by atoms with Gasteiger partial charge in [-0.2, -0.15) is 0 Å². The fraction of sp³-hybridized carbons (Fsp3) is 0.714. The van der Waals surface area contributed by atoms with E-state index in [4.69, 9.17) is 5.73 Å². The number of nitrogens with zero attached hydrogens (tertiary/aromatic N) is 1. The minimum Gasteiger partial charge on any atom is -0.326 e. The van der Waals surface area contributed by atoms with Crippen molar-refractivity contribution in [2.24, 2.45) is 11.7 Å². The Balaban J connectivity index is 2.18. The summed E-state index contributed by atoms with van der Waals surface area (Å²) in [5.74, 6) is 0.880. The van der Waals surface area contributed by atoms with Crippen LogP contribution in [-0.4, -0.2) is 24.0 Å². The molecule has 0 spiro atoms. The van der Waals surface area contributed by atoms with Gasteiger partial charge < -0.3 is 5.73 Å².